The molecule has 132 valence electrons. The van der Waals surface area contributed by atoms with Crippen LogP contribution in [0.2, 0.25) is 5.02 Å². The van der Waals surface area contributed by atoms with Crippen molar-refractivity contribution >= 4 is 23.4 Å². The Bertz CT molecular complexity index is 750. The average Bonchev–Trinajstić information content (AvgIpc) is 2.59. The third-order valence-corrected chi connectivity index (χ3v) is 4.19. The van der Waals surface area contributed by atoms with Crippen LogP contribution in [0.15, 0.2) is 48.5 Å². The first-order valence-electron chi connectivity index (χ1n) is 7.84. The summed E-state index contributed by atoms with van der Waals surface area (Å²) < 4.78 is 5.16. The lowest BCUT2D eigenvalue weighted by Crippen LogP contribution is -2.41. The molecule has 0 spiro atoms. The van der Waals surface area contributed by atoms with Gasteiger partial charge in [-0.05, 0) is 30.2 Å². The molecule has 0 bridgehead atoms. The highest BCUT2D eigenvalue weighted by molar-refractivity contribution is 6.31. The molecule has 2 N–H and O–H groups in total. The summed E-state index contributed by atoms with van der Waals surface area (Å²) in [6.07, 6.45) is 0.610. The minimum Gasteiger partial charge on any atom is -0.497 e. The standard InChI is InChI=1S/C19H21ClN2O3/c1-22(19(24)14-9-15(20)11-17(10-14)25-2)16(12-18(21)23)8-13-6-4-3-5-7-13/h3-7,9-11,16H,8,12H2,1-2H3,(H2,21,23)/t16-/m0/s1. The van der Waals surface area contributed by atoms with Crippen LogP contribution in [0.5, 0.6) is 5.75 Å². The molecule has 5 nitrogen and oxygen atoms in total. The summed E-state index contributed by atoms with van der Waals surface area (Å²) in [5, 5.41) is 0.408. The van der Waals surface area contributed by atoms with E-state index in [9.17, 15) is 9.59 Å². The first kappa shape index (κ1) is 18.8. The minimum atomic E-state index is -0.454. The van der Waals surface area contributed by atoms with Gasteiger partial charge in [-0.2, -0.15) is 0 Å². The Hall–Kier alpha value is -2.53. The number of likely N-dealkylation sites (N-methyl/N-ethyl adjacent to an activating group) is 1. The molecule has 0 fully saturated rings. The number of halogens is 1. The van der Waals surface area contributed by atoms with Crippen molar-refractivity contribution in [2.45, 2.75) is 18.9 Å². The number of primary amides is 1. The van der Waals surface area contributed by atoms with Crippen LogP contribution in [0.1, 0.15) is 22.3 Å². The van der Waals surface area contributed by atoms with Crippen LogP contribution in [0, 0.1) is 0 Å². The molecule has 0 radical (unpaired) electrons. The number of hydrogen-bond acceptors (Lipinski definition) is 3. The van der Waals surface area contributed by atoms with E-state index in [-0.39, 0.29) is 18.4 Å². The third-order valence-electron chi connectivity index (χ3n) is 3.97. The quantitative estimate of drug-likeness (QED) is 0.825. The summed E-state index contributed by atoms with van der Waals surface area (Å²) in [7, 11) is 3.17. The number of ether oxygens (including phenoxy) is 1. The van der Waals surface area contributed by atoms with Crippen LogP contribution in [-0.2, 0) is 11.2 Å². The number of carbonyl (C=O) groups is 2. The molecule has 2 aromatic rings. The zero-order chi connectivity index (χ0) is 18.4. The summed E-state index contributed by atoms with van der Waals surface area (Å²) in [6, 6.07) is 14.1. The highest BCUT2D eigenvalue weighted by atomic mass is 35.5. The molecule has 0 saturated heterocycles. The van der Waals surface area contributed by atoms with Crippen LogP contribution in [-0.4, -0.2) is 36.9 Å². The molecule has 25 heavy (non-hydrogen) atoms. The molecule has 0 saturated carbocycles. The molecule has 2 rings (SSSR count). The smallest absolute Gasteiger partial charge is 0.254 e. The van der Waals surface area contributed by atoms with Gasteiger partial charge in [0.1, 0.15) is 5.75 Å². The molecular weight excluding hydrogens is 340 g/mol. The monoisotopic (exact) mass is 360 g/mol. The van der Waals surface area contributed by atoms with Crippen molar-refractivity contribution in [3.05, 3.63) is 64.7 Å². The van der Waals surface area contributed by atoms with Crippen molar-refractivity contribution in [2.75, 3.05) is 14.2 Å². The average molecular weight is 361 g/mol. The van der Waals surface area contributed by atoms with E-state index >= 15 is 0 Å². The minimum absolute atomic E-state index is 0.0782. The highest BCUT2D eigenvalue weighted by Gasteiger charge is 2.24. The molecule has 0 heterocycles. The van der Waals surface area contributed by atoms with Crippen molar-refractivity contribution in [3.8, 4) is 5.75 Å². The van der Waals surface area contributed by atoms with E-state index in [1.54, 1.807) is 25.2 Å². The topological polar surface area (TPSA) is 72.6 Å². The predicted octanol–water partition coefficient (Wildman–Crippen LogP) is 2.91. The number of nitrogens with zero attached hydrogens (tertiary/aromatic N) is 1. The van der Waals surface area contributed by atoms with Gasteiger partial charge in [0.2, 0.25) is 5.91 Å². The number of methoxy groups -OCH3 is 1. The van der Waals surface area contributed by atoms with Gasteiger partial charge in [-0.3, -0.25) is 9.59 Å². The maximum Gasteiger partial charge on any atom is 0.254 e. The van der Waals surface area contributed by atoms with Crippen LogP contribution in [0.25, 0.3) is 0 Å². The largest absolute Gasteiger partial charge is 0.497 e. The summed E-state index contributed by atoms with van der Waals surface area (Å²) in [4.78, 5) is 25.8. The lowest BCUT2D eigenvalue weighted by molar-refractivity contribution is -0.118. The van der Waals surface area contributed by atoms with Gasteiger partial charge in [0.05, 0.1) is 7.11 Å². The Kier molecular flexibility index (Phi) is 6.42. The second-order valence-corrected chi connectivity index (χ2v) is 6.25. The second kappa shape index (κ2) is 8.53. The molecule has 6 heteroatoms. The van der Waals surface area contributed by atoms with Gasteiger partial charge < -0.3 is 15.4 Å². The number of nitrogens with two attached hydrogens (primary N) is 1. The number of benzene rings is 2. The maximum atomic E-state index is 12.8. The molecule has 0 unspecified atom stereocenters. The fraction of sp³-hybridized carbons (Fsp3) is 0.263. The van der Waals surface area contributed by atoms with Crippen molar-refractivity contribution in [1.29, 1.82) is 0 Å². The zero-order valence-electron chi connectivity index (χ0n) is 14.2. The fourth-order valence-corrected chi connectivity index (χ4v) is 2.86. The van der Waals surface area contributed by atoms with Crippen LogP contribution >= 0.6 is 11.6 Å². The van der Waals surface area contributed by atoms with E-state index in [0.717, 1.165) is 5.56 Å². The Morgan fingerprint density at radius 2 is 1.88 bits per heavy atom. The molecule has 0 aliphatic rings. The molecule has 0 aliphatic heterocycles. The van der Waals surface area contributed by atoms with Crippen LogP contribution in [0.4, 0.5) is 0 Å². The highest BCUT2D eigenvalue weighted by Crippen LogP contribution is 2.23. The second-order valence-electron chi connectivity index (χ2n) is 5.81. The summed E-state index contributed by atoms with van der Waals surface area (Å²) in [5.41, 5.74) is 6.80. The lowest BCUT2D eigenvalue weighted by Gasteiger charge is -2.28. The third kappa shape index (κ3) is 5.22. The Morgan fingerprint density at radius 1 is 1.20 bits per heavy atom. The first-order chi connectivity index (χ1) is 11.9. The van der Waals surface area contributed by atoms with E-state index in [1.165, 1.54) is 12.0 Å². The molecule has 1 atom stereocenters. The number of rotatable bonds is 7. The normalized spacial score (nSPS) is 11.6. The van der Waals surface area contributed by atoms with Gasteiger partial charge in [0, 0.05) is 30.1 Å². The van der Waals surface area contributed by atoms with E-state index in [2.05, 4.69) is 0 Å². The van der Waals surface area contributed by atoms with E-state index < -0.39 is 5.91 Å². The molecule has 0 aromatic heterocycles. The molecule has 0 aliphatic carbocycles. The van der Waals surface area contributed by atoms with Gasteiger partial charge in [-0.1, -0.05) is 41.9 Å². The molecule has 2 aromatic carbocycles. The number of hydrogen-bond donors (Lipinski definition) is 1. The number of amides is 2. The Balaban J connectivity index is 2.25. The lowest BCUT2D eigenvalue weighted by atomic mass is 10.0. The van der Waals surface area contributed by atoms with Gasteiger partial charge in [-0.25, -0.2) is 0 Å². The van der Waals surface area contributed by atoms with Gasteiger partial charge in [0.15, 0.2) is 0 Å². The van der Waals surface area contributed by atoms with E-state index in [0.29, 0.717) is 22.8 Å². The van der Waals surface area contributed by atoms with Crippen molar-refractivity contribution < 1.29 is 14.3 Å². The van der Waals surface area contributed by atoms with E-state index in [4.69, 9.17) is 22.1 Å². The Labute approximate surface area is 152 Å². The van der Waals surface area contributed by atoms with Gasteiger partial charge in [-0.15, -0.1) is 0 Å². The molecule has 2 amide bonds. The van der Waals surface area contributed by atoms with Gasteiger partial charge in [0.25, 0.3) is 5.91 Å². The predicted molar refractivity (Wildman–Crippen MR) is 97.8 cm³/mol. The first-order valence-corrected chi connectivity index (χ1v) is 8.22. The summed E-state index contributed by atoms with van der Waals surface area (Å²) in [6.45, 7) is 0. The van der Waals surface area contributed by atoms with Crippen LogP contribution in [0.3, 0.4) is 0 Å². The molecular formula is C19H21ClN2O3. The summed E-state index contributed by atoms with van der Waals surface area (Å²) >= 11 is 6.05. The van der Waals surface area contributed by atoms with Crippen LogP contribution < -0.4 is 10.5 Å². The SMILES string of the molecule is COc1cc(Cl)cc(C(=O)N(C)[C@H](CC(N)=O)Cc2ccccc2)c1. The maximum absolute atomic E-state index is 12.8. The van der Waals surface area contributed by atoms with Gasteiger partial charge >= 0.3 is 0 Å². The van der Waals surface area contributed by atoms with Crippen molar-refractivity contribution in [1.82, 2.24) is 4.90 Å². The fourth-order valence-electron chi connectivity index (χ4n) is 2.64. The Morgan fingerprint density at radius 3 is 2.48 bits per heavy atom. The summed E-state index contributed by atoms with van der Waals surface area (Å²) in [5.74, 6) is -0.203. The zero-order valence-corrected chi connectivity index (χ0v) is 15.0. The van der Waals surface area contributed by atoms with Crippen molar-refractivity contribution in [3.63, 3.8) is 0 Å². The van der Waals surface area contributed by atoms with Crippen molar-refractivity contribution in [2.24, 2.45) is 5.73 Å². The van der Waals surface area contributed by atoms with E-state index in [1.807, 2.05) is 30.3 Å². The number of carbonyl (C=O) groups excluding carboxylic acids is 2.